The Hall–Kier alpha value is -3.02. The molecule has 0 spiro atoms. The van der Waals surface area contributed by atoms with Gasteiger partial charge in [0.05, 0.1) is 12.0 Å². The summed E-state index contributed by atoms with van der Waals surface area (Å²) in [5.41, 5.74) is 3.12. The van der Waals surface area contributed by atoms with Crippen LogP contribution in [0.15, 0.2) is 66.7 Å². The molecule has 0 aliphatic heterocycles. The normalized spacial score (nSPS) is 10.4. The number of carboxylic acids is 1. The SMILES string of the molecule is O=C(O)Cc1ccc(NC(=O)c2cc(Cl)ccc2NCc2ccccc2Cl)cc1. The summed E-state index contributed by atoms with van der Waals surface area (Å²) in [6, 6.07) is 19.2. The topological polar surface area (TPSA) is 78.4 Å². The number of carbonyl (C=O) groups is 2. The molecule has 0 aliphatic rings. The Kier molecular flexibility index (Phi) is 6.75. The lowest BCUT2D eigenvalue weighted by Crippen LogP contribution is -2.15. The van der Waals surface area contributed by atoms with Gasteiger partial charge in [-0.3, -0.25) is 9.59 Å². The predicted molar refractivity (Wildman–Crippen MR) is 116 cm³/mol. The van der Waals surface area contributed by atoms with Crippen LogP contribution in [0.5, 0.6) is 0 Å². The van der Waals surface area contributed by atoms with Gasteiger partial charge in [-0.25, -0.2) is 0 Å². The van der Waals surface area contributed by atoms with E-state index in [9.17, 15) is 9.59 Å². The number of hydrogen-bond acceptors (Lipinski definition) is 3. The molecule has 1 amide bonds. The van der Waals surface area contributed by atoms with Gasteiger partial charge in [-0.1, -0.05) is 53.5 Å². The fraction of sp³-hybridized carbons (Fsp3) is 0.0909. The fourth-order valence-electron chi connectivity index (χ4n) is 2.77. The molecule has 3 rings (SSSR count). The predicted octanol–water partition coefficient (Wildman–Crippen LogP) is 5.48. The van der Waals surface area contributed by atoms with E-state index in [-0.39, 0.29) is 12.3 Å². The Morgan fingerprint density at radius 3 is 2.34 bits per heavy atom. The number of halogens is 2. The van der Waals surface area contributed by atoms with Crippen molar-refractivity contribution in [1.82, 2.24) is 0 Å². The second kappa shape index (κ2) is 9.45. The van der Waals surface area contributed by atoms with Crippen molar-refractivity contribution in [2.45, 2.75) is 13.0 Å². The Labute approximate surface area is 178 Å². The molecule has 0 bridgehead atoms. The third kappa shape index (κ3) is 5.73. The van der Waals surface area contributed by atoms with Crippen molar-refractivity contribution in [2.75, 3.05) is 10.6 Å². The van der Waals surface area contributed by atoms with E-state index in [0.717, 1.165) is 5.56 Å². The van der Waals surface area contributed by atoms with Gasteiger partial charge in [0.2, 0.25) is 0 Å². The van der Waals surface area contributed by atoms with Crippen molar-refractivity contribution in [2.24, 2.45) is 0 Å². The highest BCUT2D eigenvalue weighted by atomic mass is 35.5. The number of nitrogens with one attached hydrogen (secondary N) is 2. The molecule has 0 aromatic heterocycles. The standard InChI is InChI=1S/C22H18Cl2N2O3/c23-16-7-10-20(25-13-15-3-1-2-4-19(15)24)18(12-16)22(29)26-17-8-5-14(6-9-17)11-21(27)28/h1-10,12,25H,11,13H2,(H,26,29)(H,27,28). The first-order valence-electron chi connectivity index (χ1n) is 8.81. The Morgan fingerprint density at radius 1 is 0.931 bits per heavy atom. The highest BCUT2D eigenvalue weighted by Crippen LogP contribution is 2.24. The van der Waals surface area contributed by atoms with Crippen LogP contribution in [-0.4, -0.2) is 17.0 Å². The fourth-order valence-corrected chi connectivity index (χ4v) is 3.14. The summed E-state index contributed by atoms with van der Waals surface area (Å²) < 4.78 is 0. The molecule has 148 valence electrons. The van der Waals surface area contributed by atoms with Crippen molar-refractivity contribution >= 4 is 46.5 Å². The second-order valence-corrected chi connectivity index (χ2v) is 7.20. The van der Waals surface area contributed by atoms with E-state index in [2.05, 4.69) is 10.6 Å². The van der Waals surface area contributed by atoms with Crippen LogP contribution in [0.1, 0.15) is 21.5 Å². The van der Waals surface area contributed by atoms with Crippen LogP contribution in [0.25, 0.3) is 0 Å². The van der Waals surface area contributed by atoms with Gasteiger partial charge in [-0.15, -0.1) is 0 Å². The molecule has 3 aromatic carbocycles. The van der Waals surface area contributed by atoms with Gasteiger partial charge in [0, 0.05) is 28.0 Å². The van der Waals surface area contributed by atoms with Crippen molar-refractivity contribution in [3.63, 3.8) is 0 Å². The first-order valence-corrected chi connectivity index (χ1v) is 9.57. The molecule has 0 fully saturated rings. The van der Waals surface area contributed by atoms with Crippen LogP contribution in [0, 0.1) is 0 Å². The monoisotopic (exact) mass is 428 g/mol. The van der Waals surface area contributed by atoms with Crippen molar-refractivity contribution in [3.05, 3.63) is 93.5 Å². The molecule has 0 saturated carbocycles. The largest absolute Gasteiger partial charge is 0.481 e. The Balaban J connectivity index is 1.75. The minimum atomic E-state index is -0.907. The second-order valence-electron chi connectivity index (χ2n) is 6.36. The van der Waals surface area contributed by atoms with E-state index in [1.807, 2.05) is 24.3 Å². The number of amides is 1. The quantitative estimate of drug-likeness (QED) is 0.465. The van der Waals surface area contributed by atoms with Crippen LogP contribution in [0.4, 0.5) is 11.4 Å². The summed E-state index contributed by atoms with van der Waals surface area (Å²) in [7, 11) is 0. The highest BCUT2D eigenvalue weighted by molar-refractivity contribution is 6.31. The summed E-state index contributed by atoms with van der Waals surface area (Å²) in [6.07, 6.45) is -0.0708. The molecule has 0 unspecified atom stereocenters. The first kappa shape index (κ1) is 20.7. The molecule has 0 saturated heterocycles. The number of benzene rings is 3. The average Bonchev–Trinajstić information content (AvgIpc) is 2.69. The van der Waals surface area contributed by atoms with E-state index < -0.39 is 5.97 Å². The van der Waals surface area contributed by atoms with Crippen molar-refractivity contribution < 1.29 is 14.7 Å². The van der Waals surface area contributed by atoms with E-state index in [0.29, 0.717) is 39.1 Å². The molecule has 0 atom stereocenters. The molecule has 0 aliphatic carbocycles. The van der Waals surface area contributed by atoms with Gasteiger partial charge in [-0.05, 0) is 47.5 Å². The van der Waals surface area contributed by atoms with E-state index in [1.54, 1.807) is 42.5 Å². The number of anilines is 2. The van der Waals surface area contributed by atoms with Crippen LogP contribution in [0.3, 0.4) is 0 Å². The third-order valence-electron chi connectivity index (χ3n) is 4.22. The number of carboxylic acid groups (broad SMARTS) is 1. The molecule has 7 heteroatoms. The van der Waals surface area contributed by atoms with E-state index in [4.69, 9.17) is 28.3 Å². The molecule has 0 radical (unpaired) electrons. The number of rotatable bonds is 7. The van der Waals surface area contributed by atoms with Gasteiger partial charge >= 0.3 is 5.97 Å². The molecular formula is C22H18Cl2N2O3. The Morgan fingerprint density at radius 2 is 1.66 bits per heavy atom. The number of hydrogen-bond donors (Lipinski definition) is 3. The lowest BCUT2D eigenvalue weighted by Gasteiger charge is -2.14. The summed E-state index contributed by atoms with van der Waals surface area (Å²) in [4.78, 5) is 23.6. The molecule has 5 nitrogen and oxygen atoms in total. The van der Waals surface area contributed by atoms with Gasteiger partial charge in [-0.2, -0.15) is 0 Å². The summed E-state index contributed by atoms with van der Waals surface area (Å²) in [6.45, 7) is 0.450. The minimum Gasteiger partial charge on any atom is -0.481 e. The maximum Gasteiger partial charge on any atom is 0.307 e. The van der Waals surface area contributed by atoms with Crippen LogP contribution in [0.2, 0.25) is 10.0 Å². The van der Waals surface area contributed by atoms with Crippen LogP contribution < -0.4 is 10.6 Å². The zero-order valence-corrected chi connectivity index (χ0v) is 16.8. The number of carbonyl (C=O) groups excluding carboxylic acids is 1. The molecule has 29 heavy (non-hydrogen) atoms. The van der Waals surface area contributed by atoms with Gasteiger partial charge in [0.25, 0.3) is 5.91 Å². The van der Waals surface area contributed by atoms with Crippen LogP contribution in [-0.2, 0) is 17.8 Å². The average molecular weight is 429 g/mol. The molecule has 0 heterocycles. The molecule has 3 aromatic rings. The van der Waals surface area contributed by atoms with Crippen molar-refractivity contribution in [3.8, 4) is 0 Å². The van der Waals surface area contributed by atoms with Crippen molar-refractivity contribution in [1.29, 1.82) is 0 Å². The summed E-state index contributed by atoms with van der Waals surface area (Å²) in [5, 5.41) is 16.0. The summed E-state index contributed by atoms with van der Waals surface area (Å²) >= 11 is 12.3. The van der Waals surface area contributed by atoms with Gasteiger partial charge < -0.3 is 15.7 Å². The summed E-state index contributed by atoms with van der Waals surface area (Å²) in [5.74, 6) is -1.24. The number of aliphatic carboxylic acids is 1. The highest BCUT2D eigenvalue weighted by Gasteiger charge is 2.13. The molecule has 3 N–H and O–H groups in total. The van der Waals surface area contributed by atoms with Crippen LogP contribution >= 0.6 is 23.2 Å². The maximum absolute atomic E-state index is 12.8. The first-order chi connectivity index (χ1) is 13.9. The lowest BCUT2D eigenvalue weighted by atomic mass is 10.1. The maximum atomic E-state index is 12.8. The Bertz CT molecular complexity index is 1040. The molecular weight excluding hydrogens is 411 g/mol. The van der Waals surface area contributed by atoms with Gasteiger partial charge in [0.15, 0.2) is 0 Å². The zero-order valence-electron chi connectivity index (χ0n) is 15.3. The lowest BCUT2D eigenvalue weighted by molar-refractivity contribution is -0.136. The minimum absolute atomic E-state index is 0.0708. The van der Waals surface area contributed by atoms with Gasteiger partial charge in [0.1, 0.15) is 0 Å². The smallest absolute Gasteiger partial charge is 0.307 e. The van der Waals surface area contributed by atoms with E-state index >= 15 is 0 Å². The third-order valence-corrected chi connectivity index (χ3v) is 4.82. The zero-order chi connectivity index (χ0) is 20.8. The van der Waals surface area contributed by atoms with E-state index in [1.165, 1.54) is 0 Å².